The molecule has 0 spiro atoms. The summed E-state index contributed by atoms with van der Waals surface area (Å²) in [6.07, 6.45) is 3.91. The number of hydrogen-bond acceptors (Lipinski definition) is 3. The predicted molar refractivity (Wildman–Crippen MR) is 79.9 cm³/mol. The highest BCUT2D eigenvalue weighted by Crippen LogP contribution is 2.37. The largest absolute Gasteiger partial charge is 0.495 e. The standard InChI is InChI=1S/C16H21NO2S/c1-3-12-8-9-13(11-17)16(10-12)20(18)15-7-5-4-6-14(15)19-2/h4-7,12-13,16H,3,8-10H2,1-2H3. The van der Waals surface area contributed by atoms with Crippen molar-refractivity contribution in [3.8, 4) is 11.8 Å². The Bertz CT molecular complexity index is 523. The number of para-hydroxylation sites is 1. The van der Waals surface area contributed by atoms with Gasteiger partial charge in [0, 0.05) is 0 Å². The van der Waals surface area contributed by atoms with Crippen LogP contribution in [0.3, 0.4) is 0 Å². The second-order valence-electron chi connectivity index (χ2n) is 5.31. The van der Waals surface area contributed by atoms with Crippen LogP contribution in [0.15, 0.2) is 29.2 Å². The third-order valence-electron chi connectivity index (χ3n) is 4.20. The number of ether oxygens (including phenoxy) is 1. The average Bonchev–Trinajstić information content (AvgIpc) is 2.53. The Morgan fingerprint density at radius 3 is 2.80 bits per heavy atom. The zero-order valence-electron chi connectivity index (χ0n) is 12.0. The summed E-state index contributed by atoms with van der Waals surface area (Å²) in [5.41, 5.74) is 0. The Balaban J connectivity index is 2.27. The molecule has 4 atom stereocenters. The van der Waals surface area contributed by atoms with Crippen molar-refractivity contribution in [2.24, 2.45) is 11.8 Å². The normalized spacial score (nSPS) is 27.6. The van der Waals surface area contributed by atoms with Crippen molar-refractivity contribution in [3.05, 3.63) is 24.3 Å². The second-order valence-corrected chi connectivity index (χ2v) is 6.95. The van der Waals surface area contributed by atoms with Crippen molar-refractivity contribution in [2.45, 2.75) is 42.8 Å². The van der Waals surface area contributed by atoms with Gasteiger partial charge >= 0.3 is 0 Å². The number of methoxy groups -OCH3 is 1. The summed E-state index contributed by atoms with van der Waals surface area (Å²) in [5.74, 6) is 1.13. The van der Waals surface area contributed by atoms with Gasteiger partial charge in [0.2, 0.25) is 0 Å². The maximum absolute atomic E-state index is 12.9. The molecule has 1 aromatic carbocycles. The van der Waals surface area contributed by atoms with E-state index < -0.39 is 10.8 Å². The first-order valence-electron chi connectivity index (χ1n) is 7.14. The quantitative estimate of drug-likeness (QED) is 0.852. The van der Waals surface area contributed by atoms with Crippen molar-refractivity contribution < 1.29 is 8.95 Å². The Kier molecular flexibility index (Phi) is 5.19. The van der Waals surface area contributed by atoms with Crippen LogP contribution in [0.1, 0.15) is 32.6 Å². The van der Waals surface area contributed by atoms with Crippen molar-refractivity contribution >= 4 is 10.8 Å². The first-order chi connectivity index (χ1) is 9.71. The number of nitrogens with zero attached hydrogens (tertiary/aromatic N) is 1. The molecule has 1 aromatic rings. The second kappa shape index (κ2) is 6.90. The van der Waals surface area contributed by atoms with E-state index >= 15 is 0 Å². The van der Waals surface area contributed by atoms with E-state index in [4.69, 9.17) is 4.74 Å². The van der Waals surface area contributed by atoms with Crippen LogP contribution in [0.4, 0.5) is 0 Å². The van der Waals surface area contributed by atoms with Gasteiger partial charge in [-0.15, -0.1) is 0 Å². The zero-order valence-corrected chi connectivity index (χ0v) is 12.9. The molecule has 2 rings (SSSR count). The van der Waals surface area contributed by atoms with E-state index in [9.17, 15) is 9.47 Å². The molecule has 0 aromatic heterocycles. The van der Waals surface area contributed by atoms with Gasteiger partial charge in [0.25, 0.3) is 0 Å². The van der Waals surface area contributed by atoms with Crippen LogP contribution in [-0.2, 0) is 10.8 Å². The van der Waals surface area contributed by atoms with Crippen molar-refractivity contribution in [1.29, 1.82) is 5.26 Å². The van der Waals surface area contributed by atoms with Gasteiger partial charge < -0.3 is 4.74 Å². The number of benzene rings is 1. The molecule has 1 aliphatic rings. The molecule has 0 amide bonds. The Morgan fingerprint density at radius 2 is 2.15 bits per heavy atom. The fourth-order valence-electron chi connectivity index (χ4n) is 2.91. The number of nitriles is 1. The topological polar surface area (TPSA) is 50.1 Å². The third-order valence-corrected chi connectivity index (χ3v) is 6.05. The summed E-state index contributed by atoms with van der Waals surface area (Å²) >= 11 is 0. The van der Waals surface area contributed by atoms with E-state index in [1.54, 1.807) is 7.11 Å². The monoisotopic (exact) mass is 291 g/mol. The van der Waals surface area contributed by atoms with Crippen molar-refractivity contribution in [3.63, 3.8) is 0 Å². The van der Waals surface area contributed by atoms with E-state index in [0.29, 0.717) is 11.7 Å². The van der Waals surface area contributed by atoms with Crippen molar-refractivity contribution in [2.75, 3.05) is 7.11 Å². The molecular formula is C16H21NO2S. The molecule has 20 heavy (non-hydrogen) atoms. The molecule has 0 heterocycles. The molecule has 0 radical (unpaired) electrons. The molecule has 0 saturated heterocycles. The van der Waals surface area contributed by atoms with E-state index in [0.717, 1.165) is 30.6 Å². The first kappa shape index (κ1) is 15.1. The van der Waals surface area contributed by atoms with Crippen LogP contribution < -0.4 is 4.74 Å². The molecule has 4 heteroatoms. The first-order valence-corrected chi connectivity index (χ1v) is 8.35. The van der Waals surface area contributed by atoms with E-state index in [1.165, 1.54) is 0 Å². The minimum atomic E-state index is -1.18. The average molecular weight is 291 g/mol. The lowest BCUT2D eigenvalue weighted by molar-refractivity contribution is 0.313. The van der Waals surface area contributed by atoms with Gasteiger partial charge in [0.15, 0.2) is 0 Å². The number of rotatable bonds is 4. The van der Waals surface area contributed by atoms with Gasteiger partial charge in [-0.25, -0.2) is 0 Å². The minimum absolute atomic E-state index is 0.0741. The lowest BCUT2D eigenvalue weighted by atomic mass is 9.81. The summed E-state index contributed by atoms with van der Waals surface area (Å²) in [6, 6.07) is 9.77. The van der Waals surface area contributed by atoms with E-state index in [2.05, 4.69) is 13.0 Å². The van der Waals surface area contributed by atoms with Gasteiger partial charge in [-0.1, -0.05) is 25.5 Å². The van der Waals surface area contributed by atoms with E-state index in [1.807, 2.05) is 24.3 Å². The summed E-state index contributed by atoms with van der Waals surface area (Å²) in [6.45, 7) is 2.17. The molecule has 1 saturated carbocycles. The van der Waals surface area contributed by atoms with Gasteiger partial charge in [-0.3, -0.25) is 4.21 Å². The fourth-order valence-corrected chi connectivity index (χ4v) is 4.75. The van der Waals surface area contributed by atoms with Crippen LogP contribution in [-0.4, -0.2) is 16.6 Å². The maximum atomic E-state index is 12.9. The Hall–Kier alpha value is -1.34. The molecule has 0 aliphatic heterocycles. The summed E-state index contributed by atoms with van der Waals surface area (Å²) in [7, 11) is 0.410. The molecule has 3 nitrogen and oxygen atoms in total. The fraction of sp³-hybridized carbons (Fsp3) is 0.562. The third kappa shape index (κ3) is 3.04. The summed E-state index contributed by atoms with van der Waals surface area (Å²) in [4.78, 5) is 0.719. The van der Waals surface area contributed by atoms with Gasteiger partial charge in [-0.05, 0) is 37.3 Å². The highest BCUT2D eigenvalue weighted by Gasteiger charge is 2.35. The summed E-state index contributed by atoms with van der Waals surface area (Å²) < 4.78 is 18.2. The highest BCUT2D eigenvalue weighted by atomic mass is 32.2. The molecule has 0 N–H and O–H groups in total. The maximum Gasteiger partial charge on any atom is 0.134 e. The zero-order chi connectivity index (χ0) is 14.5. The Labute approximate surface area is 123 Å². The molecular weight excluding hydrogens is 270 g/mol. The smallest absolute Gasteiger partial charge is 0.134 e. The predicted octanol–water partition coefficient (Wildman–Crippen LogP) is 3.52. The van der Waals surface area contributed by atoms with E-state index in [-0.39, 0.29) is 11.2 Å². The molecule has 108 valence electrons. The summed E-state index contributed by atoms with van der Waals surface area (Å²) in [5, 5.41) is 9.25. The van der Waals surface area contributed by atoms with Crippen LogP contribution in [0, 0.1) is 23.2 Å². The number of hydrogen-bond donors (Lipinski definition) is 0. The Morgan fingerprint density at radius 1 is 1.40 bits per heavy atom. The van der Waals surface area contributed by atoms with Crippen LogP contribution in [0.25, 0.3) is 0 Å². The van der Waals surface area contributed by atoms with Gasteiger partial charge in [-0.2, -0.15) is 5.26 Å². The highest BCUT2D eigenvalue weighted by molar-refractivity contribution is 7.85. The van der Waals surface area contributed by atoms with Crippen molar-refractivity contribution in [1.82, 2.24) is 0 Å². The van der Waals surface area contributed by atoms with Crippen LogP contribution in [0.5, 0.6) is 5.75 Å². The molecule has 1 fully saturated rings. The molecule has 0 bridgehead atoms. The van der Waals surface area contributed by atoms with Gasteiger partial charge in [0.05, 0.1) is 40.0 Å². The molecule has 1 aliphatic carbocycles. The SMILES string of the molecule is CCC1CCC(C#N)C(S(=O)c2ccccc2OC)C1. The lowest BCUT2D eigenvalue weighted by Gasteiger charge is -2.31. The minimum Gasteiger partial charge on any atom is -0.495 e. The lowest BCUT2D eigenvalue weighted by Crippen LogP contribution is -2.32. The van der Waals surface area contributed by atoms with Gasteiger partial charge in [0.1, 0.15) is 5.75 Å². The van der Waals surface area contributed by atoms with Crippen LogP contribution in [0.2, 0.25) is 0 Å². The molecule has 4 unspecified atom stereocenters. The van der Waals surface area contributed by atoms with Crippen LogP contribution >= 0.6 is 0 Å².